The van der Waals surface area contributed by atoms with E-state index in [1.807, 2.05) is 16.0 Å². The van der Waals surface area contributed by atoms with E-state index < -0.39 is 5.54 Å². The molecule has 1 aliphatic rings. The summed E-state index contributed by atoms with van der Waals surface area (Å²) in [5, 5.41) is 8.23. The summed E-state index contributed by atoms with van der Waals surface area (Å²) < 4.78 is 1.84. The third-order valence-electron chi connectivity index (χ3n) is 4.97. The van der Waals surface area contributed by atoms with Crippen LogP contribution in [0.4, 0.5) is 0 Å². The number of aromatic nitrogens is 2. The maximum Gasteiger partial charge on any atom is 0.245 e. The lowest BCUT2D eigenvalue weighted by Gasteiger charge is -2.36. The Labute approximate surface area is 168 Å². The lowest BCUT2D eigenvalue weighted by molar-refractivity contribution is -0.133. The van der Waals surface area contributed by atoms with E-state index in [-0.39, 0.29) is 11.8 Å². The van der Waals surface area contributed by atoms with Crippen molar-refractivity contribution < 1.29 is 9.59 Å². The number of hydrogen-bond donors (Lipinski definition) is 2. The quantitative estimate of drug-likeness (QED) is 0.540. The Morgan fingerprint density at radius 1 is 1.37 bits per heavy atom. The number of nitrogens with one attached hydrogen (secondary N) is 2. The molecule has 1 fully saturated rings. The summed E-state index contributed by atoms with van der Waals surface area (Å²) in [7, 11) is 0. The number of nitrogens with zero attached hydrogens (tertiary/aromatic N) is 2. The largest absolute Gasteiger partial charge is 0.354 e. The minimum atomic E-state index is -0.813. The zero-order valence-electron chi connectivity index (χ0n) is 15.5. The molecule has 2 amide bonds. The second-order valence-corrected chi connectivity index (χ2v) is 8.15. The first-order valence-electron chi connectivity index (χ1n) is 9.45. The van der Waals surface area contributed by atoms with Gasteiger partial charge in [-0.15, -0.1) is 11.3 Å². The van der Waals surface area contributed by atoms with Gasteiger partial charge in [-0.2, -0.15) is 0 Å². The SMILES string of the molecule is CCCCNC(=O)C1(NC(=O)/C=C/c2c(Cl)nc3sccn23)CCCCC1. The summed E-state index contributed by atoms with van der Waals surface area (Å²) in [4.78, 5) is 30.4. The van der Waals surface area contributed by atoms with E-state index in [1.54, 1.807) is 6.08 Å². The summed E-state index contributed by atoms with van der Waals surface area (Å²) in [6.45, 7) is 2.73. The van der Waals surface area contributed by atoms with Gasteiger partial charge in [0.2, 0.25) is 11.8 Å². The fraction of sp³-hybridized carbons (Fsp3) is 0.526. The smallest absolute Gasteiger partial charge is 0.245 e. The van der Waals surface area contributed by atoms with Gasteiger partial charge in [-0.1, -0.05) is 44.2 Å². The summed E-state index contributed by atoms with van der Waals surface area (Å²) >= 11 is 7.64. The average molecular weight is 409 g/mol. The topological polar surface area (TPSA) is 75.5 Å². The molecular formula is C19H25ClN4O2S. The molecule has 1 aliphatic carbocycles. The second-order valence-electron chi connectivity index (χ2n) is 6.92. The van der Waals surface area contributed by atoms with Gasteiger partial charge in [-0.3, -0.25) is 14.0 Å². The van der Waals surface area contributed by atoms with Crippen LogP contribution in [0.25, 0.3) is 11.0 Å². The maximum atomic E-state index is 12.8. The van der Waals surface area contributed by atoms with Crippen molar-refractivity contribution >= 4 is 45.8 Å². The monoisotopic (exact) mass is 408 g/mol. The van der Waals surface area contributed by atoms with Crippen LogP contribution in [0.15, 0.2) is 17.7 Å². The van der Waals surface area contributed by atoms with Crippen molar-refractivity contribution in [2.24, 2.45) is 0 Å². The third kappa shape index (κ3) is 4.52. The van der Waals surface area contributed by atoms with Crippen LogP contribution in [0.3, 0.4) is 0 Å². The molecule has 8 heteroatoms. The van der Waals surface area contributed by atoms with Crippen LogP contribution in [0.5, 0.6) is 0 Å². The van der Waals surface area contributed by atoms with Crippen LogP contribution in [-0.4, -0.2) is 33.3 Å². The predicted molar refractivity (Wildman–Crippen MR) is 109 cm³/mol. The van der Waals surface area contributed by atoms with Crippen LogP contribution < -0.4 is 10.6 Å². The van der Waals surface area contributed by atoms with Gasteiger partial charge < -0.3 is 10.6 Å². The molecule has 146 valence electrons. The highest BCUT2D eigenvalue weighted by molar-refractivity contribution is 7.15. The molecule has 0 spiro atoms. The minimum absolute atomic E-state index is 0.0694. The Morgan fingerprint density at radius 3 is 2.89 bits per heavy atom. The summed E-state index contributed by atoms with van der Waals surface area (Å²) in [6.07, 6.45) is 11.2. The number of imidazole rings is 1. The van der Waals surface area contributed by atoms with Gasteiger partial charge >= 0.3 is 0 Å². The summed E-state index contributed by atoms with van der Waals surface area (Å²) in [6, 6.07) is 0. The number of thiazole rings is 1. The number of carbonyl (C=O) groups is 2. The first-order chi connectivity index (χ1) is 13.1. The molecule has 0 saturated heterocycles. The molecule has 27 heavy (non-hydrogen) atoms. The molecule has 0 aromatic carbocycles. The molecule has 0 radical (unpaired) electrons. The van der Waals surface area contributed by atoms with E-state index in [9.17, 15) is 9.59 Å². The summed E-state index contributed by atoms with van der Waals surface area (Å²) in [5.74, 6) is -0.358. The Kier molecular flexibility index (Phi) is 6.55. The maximum absolute atomic E-state index is 12.8. The van der Waals surface area contributed by atoms with Crippen molar-refractivity contribution in [3.8, 4) is 0 Å². The molecule has 2 aromatic rings. The number of halogens is 1. The van der Waals surface area contributed by atoms with Crippen LogP contribution in [0.1, 0.15) is 57.6 Å². The Morgan fingerprint density at radius 2 is 2.15 bits per heavy atom. The number of amides is 2. The first-order valence-corrected chi connectivity index (χ1v) is 10.7. The van der Waals surface area contributed by atoms with E-state index in [0.717, 1.165) is 37.1 Å². The van der Waals surface area contributed by atoms with E-state index in [0.29, 0.717) is 30.2 Å². The summed E-state index contributed by atoms with van der Waals surface area (Å²) in [5.41, 5.74) is -0.153. The van der Waals surface area contributed by atoms with Gasteiger partial charge in [0, 0.05) is 24.2 Å². The lowest BCUT2D eigenvalue weighted by Crippen LogP contribution is -2.59. The molecule has 0 unspecified atom stereocenters. The van der Waals surface area contributed by atoms with E-state index in [2.05, 4.69) is 22.5 Å². The van der Waals surface area contributed by atoms with Gasteiger partial charge in [-0.25, -0.2) is 4.98 Å². The van der Waals surface area contributed by atoms with Crippen molar-refractivity contribution in [1.82, 2.24) is 20.0 Å². The third-order valence-corrected chi connectivity index (χ3v) is 6.00. The van der Waals surface area contributed by atoms with E-state index in [1.165, 1.54) is 17.4 Å². The van der Waals surface area contributed by atoms with Gasteiger partial charge in [0.15, 0.2) is 10.1 Å². The van der Waals surface area contributed by atoms with E-state index in [4.69, 9.17) is 11.6 Å². The fourth-order valence-electron chi connectivity index (χ4n) is 3.47. The molecular weight excluding hydrogens is 384 g/mol. The Bertz CT molecular complexity index is 836. The van der Waals surface area contributed by atoms with Crippen molar-refractivity contribution in [1.29, 1.82) is 0 Å². The van der Waals surface area contributed by atoms with Gasteiger partial charge in [0.05, 0.1) is 5.69 Å². The van der Waals surface area contributed by atoms with Gasteiger partial charge in [-0.05, 0) is 25.3 Å². The highest BCUT2D eigenvalue weighted by Crippen LogP contribution is 2.29. The zero-order valence-corrected chi connectivity index (χ0v) is 17.0. The lowest BCUT2D eigenvalue weighted by atomic mass is 9.80. The van der Waals surface area contributed by atoms with Gasteiger partial charge in [0.25, 0.3) is 0 Å². The Balaban J connectivity index is 1.71. The molecule has 2 heterocycles. The molecule has 6 nitrogen and oxygen atoms in total. The average Bonchev–Trinajstić information content (AvgIpc) is 3.21. The highest BCUT2D eigenvalue weighted by atomic mass is 35.5. The van der Waals surface area contributed by atoms with Crippen molar-refractivity contribution in [3.63, 3.8) is 0 Å². The fourth-order valence-corrected chi connectivity index (χ4v) is 4.48. The predicted octanol–water partition coefficient (Wildman–Crippen LogP) is 3.80. The normalized spacial score (nSPS) is 16.7. The number of carbonyl (C=O) groups excluding carboxylic acids is 2. The van der Waals surface area contributed by atoms with Crippen molar-refractivity contribution in [2.75, 3.05) is 6.54 Å². The minimum Gasteiger partial charge on any atom is -0.354 e. The van der Waals surface area contributed by atoms with Crippen LogP contribution in [-0.2, 0) is 9.59 Å². The molecule has 1 saturated carbocycles. The van der Waals surface area contributed by atoms with Crippen LogP contribution >= 0.6 is 22.9 Å². The molecule has 0 aliphatic heterocycles. The molecule has 3 rings (SSSR count). The standard InChI is InChI=1S/C19H25ClN4O2S/c1-2-3-11-21-17(26)19(9-5-4-6-10-19)23-15(25)8-7-14-16(20)22-18-24(14)12-13-27-18/h7-8,12-13H,2-6,9-11H2,1H3,(H,21,26)(H,23,25)/b8-7+. The Hall–Kier alpha value is -1.86. The second kappa shape index (κ2) is 8.89. The number of unbranched alkanes of at least 4 members (excludes halogenated alkanes) is 1. The van der Waals surface area contributed by atoms with E-state index >= 15 is 0 Å². The number of hydrogen-bond acceptors (Lipinski definition) is 4. The molecule has 0 bridgehead atoms. The van der Waals surface area contributed by atoms with Crippen molar-refractivity contribution in [2.45, 2.75) is 57.4 Å². The number of rotatable bonds is 7. The molecule has 2 aromatic heterocycles. The van der Waals surface area contributed by atoms with Crippen LogP contribution in [0.2, 0.25) is 5.15 Å². The molecule has 2 N–H and O–H groups in total. The first kappa shape index (κ1) is 19.9. The number of fused-ring (bicyclic) bond motifs is 1. The zero-order chi connectivity index (χ0) is 19.3. The van der Waals surface area contributed by atoms with Gasteiger partial charge in [0.1, 0.15) is 5.54 Å². The van der Waals surface area contributed by atoms with Crippen molar-refractivity contribution in [3.05, 3.63) is 28.5 Å². The van der Waals surface area contributed by atoms with Crippen LogP contribution in [0, 0.1) is 0 Å². The highest BCUT2D eigenvalue weighted by Gasteiger charge is 2.40. The molecule has 0 atom stereocenters.